The number of nitrogens with one attached hydrogen (secondary N) is 1. The highest BCUT2D eigenvalue weighted by molar-refractivity contribution is 9.10. The van der Waals surface area contributed by atoms with Crippen LogP contribution in [-0.4, -0.2) is 24.2 Å². The standard InChI is InChI=1S/C11H15BrN2O/c1-15-11-3-2-9(5-11)14-10-4-8(12)6-13-7-10/h4,6-7,9,11,14H,2-3,5H2,1H3. The fourth-order valence-corrected chi connectivity index (χ4v) is 2.38. The highest BCUT2D eigenvalue weighted by atomic mass is 79.9. The number of aromatic nitrogens is 1. The summed E-state index contributed by atoms with van der Waals surface area (Å²) in [5.74, 6) is 0. The first-order valence-corrected chi connectivity index (χ1v) is 5.97. The quantitative estimate of drug-likeness (QED) is 0.917. The van der Waals surface area contributed by atoms with Crippen molar-refractivity contribution < 1.29 is 4.74 Å². The molecule has 1 aliphatic carbocycles. The van der Waals surface area contributed by atoms with Gasteiger partial charge < -0.3 is 10.1 Å². The van der Waals surface area contributed by atoms with Gasteiger partial charge in [0.15, 0.2) is 0 Å². The van der Waals surface area contributed by atoms with Crippen molar-refractivity contribution in [3.05, 3.63) is 22.9 Å². The smallest absolute Gasteiger partial charge is 0.0591 e. The van der Waals surface area contributed by atoms with Crippen LogP contribution in [0.4, 0.5) is 5.69 Å². The van der Waals surface area contributed by atoms with E-state index in [1.807, 2.05) is 12.3 Å². The highest BCUT2D eigenvalue weighted by Gasteiger charge is 2.24. The van der Waals surface area contributed by atoms with Crippen LogP contribution in [-0.2, 0) is 4.74 Å². The summed E-state index contributed by atoms with van der Waals surface area (Å²) >= 11 is 3.41. The Morgan fingerprint density at radius 1 is 1.47 bits per heavy atom. The molecule has 1 fully saturated rings. The van der Waals surface area contributed by atoms with Gasteiger partial charge in [-0.3, -0.25) is 4.98 Å². The third-order valence-corrected chi connectivity index (χ3v) is 3.23. The van der Waals surface area contributed by atoms with Crippen LogP contribution in [0.5, 0.6) is 0 Å². The molecule has 0 spiro atoms. The largest absolute Gasteiger partial charge is 0.381 e. The molecule has 1 heterocycles. The van der Waals surface area contributed by atoms with Gasteiger partial charge in [0.1, 0.15) is 0 Å². The van der Waals surface area contributed by atoms with Crippen LogP contribution < -0.4 is 5.32 Å². The summed E-state index contributed by atoms with van der Waals surface area (Å²) in [6.45, 7) is 0. The molecule has 1 aromatic heterocycles. The predicted octanol–water partition coefficient (Wildman–Crippen LogP) is 2.82. The molecule has 0 aromatic carbocycles. The molecule has 1 N–H and O–H groups in total. The number of hydrogen-bond donors (Lipinski definition) is 1. The topological polar surface area (TPSA) is 34.1 Å². The van der Waals surface area contributed by atoms with Crippen molar-refractivity contribution in [2.45, 2.75) is 31.4 Å². The Balaban J connectivity index is 1.92. The van der Waals surface area contributed by atoms with Crippen LogP contribution in [0.3, 0.4) is 0 Å². The van der Waals surface area contributed by atoms with E-state index in [4.69, 9.17) is 4.74 Å². The second-order valence-corrected chi connectivity index (χ2v) is 4.82. The molecule has 15 heavy (non-hydrogen) atoms. The van der Waals surface area contributed by atoms with Crippen molar-refractivity contribution in [2.75, 3.05) is 12.4 Å². The molecule has 0 aliphatic heterocycles. The first-order valence-electron chi connectivity index (χ1n) is 5.18. The Kier molecular flexibility index (Phi) is 3.59. The molecule has 3 nitrogen and oxygen atoms in total. The number of methoxy groups -OCH3 is 1. The molecule has 4 heteroatoms. The third-order valence-electron chi connectivity index (χ3n) is 2.79. The molecule has 82 valence electrons. The van der Waals surface area contributed by atoms with Gasteiger partial charge in [-0.2, -0.15) is 0 Å². The molecule has 1 saturated carbocycles. The zero-order valence-corrected chi connectivity index (χ0v) is 10.3. The van der Waals surface area contributed by atoms with Gasteiger partial charge in [0.2, 0.25) is 0 Å². The number of anilines is 1. The minimum atomic E-state index is 0.419. The lowest BCUT2D eigenvalue weighted by atomic mass is 10.2. The summed E-state index contributed by atoms with van der Waals surface area (Å²) in [7, 11) is 1.79. The molecule has 2 rings (SSSR count). The van der Waals surface area contributed by atoms with E-state index in [1.54, 1.807) is 13.3 Å². The van der Waals surface area contributed by atoms with Crippen LogP contribution in [0.15, 0.2) is 22.9 Å². The number of pyridine rings is 1. The first kappa shape index (κ1) is 10.9. The van der Waals surface area contributed by atoms with Crippen molar-refractivity contribution in [3.63, 3.8) is 0 Å². The Labute approximate surface area is 98.4 Å². The zero-order valence-electron chi connectivity index (χ0n) is 8.74. The van der Waals surface area contributed by atoms with E-state index in [-0.39, 0.29) is 0 Å². The van der Waals surface area contributed by atoms with Crippen LogP contribution in [0.25, 0.3) is 0 Å². The zero-order chi connectivity index (χ0) is 10.7. The Bertz CT molecular complexity index is 332. The number of rotatable bonds is 3. The average Bonchev–Trinajstić information content (AvgIpc) is 2.65. The van der Waals surface area contributed by atoms with Gasteiger partial charge >= 0.3 is 0 Å². The van der Waals surface area contributed by atoms with Crippen molar-refractivity contribution in [1.29, 1.82) is 0 Å². The summed E-state index contributed by atoms with van der Waals surface area (Å²) in [4.78, 5) is 4.12. The number of hydrogen-bond acceptors (Lipinski definition) is 3. The SMILES string of the molecule is COC1CCC(Nc2cncc(Br)c2)C1. The van der Waals surface area contributed by atoms with Gasteiger partial charge in [-0.05, 0) is 41.3 Å². The lowest BCUT2D eigenvalue weighted by molar-refractivity contribution is 0.108. The van der Waals surface area contributed by atoms with Gasteiger partial charge in [-0.1, -0.05) is 0 Å². The first-order chi connectivity index (χ1) is 7.28. The lowest BCUT2D eigenvalue weighted by Gasteiger charge is -2.13. The molecule has 0 saturated heterocycles. The van der Waals surface area contributed by atoms with Crippen LogP contribution in [0, 0.1) is 0 Å². The molecule has 1 aliphatic rings. The van der Waals surface area contributed by atoms with E-state index < -0.39 is 0 Å². The minimum absolute atomic E-state index is 0.419. The normalized spacial score (nSPS) is 25.5. The van der Waals surface area contributed by atoms with E-state index >= 15 is 0 Å². The maximum atomic E-state index is 5.34. The van der Waals surface area contributed by atoms with Crippen LogP contribution in [0.2, 0.25) is 0 Å². The van der Waals surface area contributed by atoms with Crippen molar-refractivity contribution >= 4 is 21.6 Å². The summed E-state index contributed by atoms with van der Waals surface area (Å²) in [6, 6.07) is 2.57. The van der Waals surface area contributed by atoms with Gasteiger partial charge in [0.25, 0.3) is 0 Å². The van der Waals surface area contributed by atoms with Gasteiger partial charge in [-0.25, -0.2) is 0 Å². The van der Waals surface area contributed by atoms with Gasteiger partial charge in [0.05, 0.1) is 18.0 Å². The summed E-state index contributed by atoms with van der Waals surface area (Å²) in [5, 5.41) is 3.47. The Morgan fingerprint density at radius 2 is 2.33 bits per heavy atom. The van der Waals surface area contributed by atoms with E-state index in [2.05, 4.69) is 26.2 Å². The summed E-state index contributed by atoms with van der Waals surface area (Å²) in [5.41, 5.74) is 1.08. The molecule has 0 bridgehead atoms. The monoisotopic (exact) mass is 270 g/mol. The minimum Gasteiger partial charge on any atom is -0.381 e. The maximum Gasteiger partial charge on any atom is 0.0591 e. The number of ether oxygens (including phenoxy) is 1. The number of nitrogens with zero attached hydrogens (tertiary/aromatic N) is 1. The van der Waals surface area contributed by atoms with Gasteiger partial charge in [-0.15, -0.1) is 0 Å². The average molecular weight is 271 g/mol. The Morgan fingerprint density at radius 3 is 3.00 bits per heavy atom. The summed E-state index contributed by atoms with van der Waals surface area (Å²) in [6.07, 6.45) is 7.47. The molecule has 0 amide bonds. The third kappa shape index (κ3) is 2.92. The molecule has 2 atom stereocenters. The molecular formula is C11H15BrN2O. The van der Waals surface area contributed by atoms with Crippen LogP contribution in [0.1, 0.15) is 19.3 Å². The van der Waals surface area contributed by atoms with Gasteiger partial charge in [0, 0.05) is 23.8 Å². The van der Waals surface area contributed by atoms with E-state index in [0.717, 1.165) is 23.0 Å². The second kappa shape index (κ2) is 4.94. The fourth-order valence-electron chi connectivity index (χ4n) is 2.01. The highest BCUT2D eigenvalue weighted by Crippen LogP contribution is 2.25. The van der Waals surface area contributed by atoms with Crippen molar-refractivity contribution in [1.82, 2.24) is 4.98 Å². The predicted molar refractivity (Wildman–Crippen MR) is 64.0 cm³/mol. The molecule has 0 radical (unpaired) electrons. The second-order valence-electron chi connectivity index (χ2n) is 3.90. The molecular weight excluding hydrogens is 256 g/mol. The van der Waals surface area contributed by atoms with Crippen LogP contribution >= 0.6 is 15.9 Å². The molecule has 2 unspecified atom stereocenters. The van der Waals surface area contributed by atoms with Crippen molar-refractivity contribution in [2.24, 2.45) is 0 Å². The number of halogens is 1. The molecule has 1 aromatic rings. The van der Waals surface area contributed by atoms with E-state index in [1.165, 1.54) is 6.42 Å². The van der Waals surface area contributed by atoms with Crippen molar-refractivity contribution in [3.8, 4) is 0 Å². The Hall–Kier alpha value is -0.610. The maximum absolute atomic E-state index is 5.34. The van der Waals surface area contributed by atoms with E-state index in [0.29, 0.717) is 12.1 Å². The summed E-state index contributed by atoms with van der Waals surface area (Å²) < 4.78 is 6.35. The fraction of sp³-hybridized carbons (Fsp3) is 0.545. The van der Waals surface area contributed by atoms with E-state index in [9.17, 15) is 0 Å². The lowest BCUT2D eigenvalue weighted by Crippen LogP contribution is -2.17.